The molecule has 0 aliphatic heterocycles. The minimum Gasteiger partial charge on any atom is -0.376 e. The van der Waals surface area contributed by atoms with Gasteiger partial charge in [0.15, 0.2) is 0 Å². The number of benzene rings is 1. The fraction of sp³-hybridized carbons (Fsp3) is 0.385. The average molecular weight is 223 g/mol. The van der Waals surface area contributed by atoms with E-state index in [9.17, 15) is 5.11 Å². The van der Waals surface area contributed by atoms with E-state index in [0.29, 0.717) is 10.6 Å². The molecular weight excluding hydrogens is 208 g/mol. The summed E-state index contributed by atoms with van der Waals surface area (Å²) in [6.45, 7) is 2.12. The van der Waals surface area contributed by atoms with E-state index < -0.39 is 6.10 Å². The van der Waals surface area contributed by atoms with Crippen LogP contribution >= 0.6 is 11.6 Å². The standard InChI is InChI=1S/C13H15ClO/c1-2-3-4-5-10-13(15)11-8-6-7-9-12(11)14/h6-9,13,15H,2-4H2,1H3. The van der Waals surface area contributed by atoms with Crippen molar-refractivity contribution in [2.24, 2.45) is 0 Å². The number of aliphatic hydroxyl groups is 1. The van der Waals surface area contributed by atoms with Gasteiger partial charge in [0.1, 0.15) is 6.10 Å². The van der Waals surface area contributed by atoms with Gasteiger partial charge in [0.2, 0.25) is 0 Å². The predicted octanol–water partition coefficient (Wildman–Crippen LogP) is 3.57. The monoisotopic (exact) mass is 222 g/mol. The Morgan fingerprint density at radius 3 is 2.80 bits per heavy atom. The summed E-state index contributed by atoms with van der Waals surface area (Å²) < 4.78 is 0. The number of aliphatic hydroxyl groups excluding tert-OH is 1. The molecule has 0 saturated carbocycles. The van der Waals surface area contributed by atoms with Crippen molar-refractivity contribution in [3.63, 3.8) is 0 Å². The molecule has 0 radical (unpaired) electrons. The lowest BCUT2D eigenvalue weighted by molar-refractivity contribution is 0.238. The molecule has 1 aromatic rings. The van der Waals surface area contributed by atoms with Crippen LogP contribution in [0.15, 0.2) is 24.3 Å². The van der Waals surface area contributed by atoms with Crippen molar-refractivity contribution in [1.29, 1.82) is 0 Å². The minimum atomic E-state index is -0.768. The zero-order valence-electron chi connectivity index (χ0n) is 8.83. The van der Waals surface area contributed by atoms with Crippen LogP contribution in [0, 0.1) is 11.8 Å². The molecule has 0 amide bonds. The maximum atomic E-state index is 9.74. The lowest BCUT2D eigenvalue weighted by Crippen LogP contribution is -1.94. The smallest absolute Gasteiger partial charge is 0.141 e. The van der Waals surface area contributed by atoms with E-state index in [4.69, 9.17) is 11.6 Å². The fourth-order valence-corrected chi connectivity index (χ4v) is 1.45. The summed E-state index contributed by atoms with van der Waals surface area (Å²) in [7, 11) is 0. The first-order valence-electron chi connectivity index (χ1n) is 5.16. The Kier molecular flexibility index (Phi) is 5.25. The molecule has 1 nitrogen and oxygen atoms in total. The van der Waals surface area contributed by atoms with Gasteiger partial charge in [-0.25, -0.2) is 0 Å². The summed E-state index contributed by atoms with van der Waals surface area (Å²) in [5.74, 6) is 5.75. The molecule has 2 heteroatoms. The topological polar surface area (TPSA) is 20.2 Å². The Morgan fingerprint density at radius 2 is 2.13 bits per heavy atom. The van der Waals surface area contributed by atoms with Gasteiger partial charge in [-0.05, 0) is 12.5 Å². The van der Waals surface area contributed by atoms with Gasteiger partial charge in [-0.1, -0.05) is 49.1 Å². The Hall–Kier alpha value is -0.970. The van der Waals surface area contributed by atoms with E-state index in [1.807, 2.05) is 12.1 Å². The highest BCUT2D eigenvalue weighted by molar-refractivity contribution is 6.31. The highest BCUT2D eigenvalue weighted by atomic mass is 35.5. The second kappa shape index (κ2) is 6.50. The highest BCUT2D eigenvalue weighted by Gasteiger charge is 2.06. The molecule has 0 spiro atoms. The van der Waals surface area contributed by atoms with Gasteiger partial charge in [0.05, 0.1) is 0 Å². The molecular formula is C13H15ClO. The first-order chi connectivity index (χ1) is 7.25. The Labute approximate surface area is 96.1 Å². The molecule has 0 heterocycles. The van der Waals surface area contributed by atoms with Crippen LogP contribution in [-0.4, -0.2) is 5.11 Å². The molecule has 0 fully saturated rings. The highest BCUT2D eigenvalue weighted by Crippen LogP contribution is 2.21. The number of unbranched alkanes of at least 4 members (excludes halogenated alkanes) is 2. The van der Waals surface area contributed by atoms with E-state index in [2.05, 4.69) is 18.8 Å². The van der Waals surface area contributed by atoms with Crippen LogP contribution in [0.2, 0.25) is 5.02 Å². The summed E-state index contributed by atoms with van der Waals surface area (Å²) in [4.78, 5) is 0. The third kappa shape index (κ3) is 3.95. The van der Waals surface area contributed by atoms with E-state index >= 15 is 0 Å². The van der Waals surface area contributed by atoms with Gasteiger partial charge >= 0.3 is 0 Å². The number of hydrogen-bond acceptors (Lipinski definition) is 1. The molecule has 0 bridgehead atoms. The van der Waals surface area contributed by atoms with Crippen LogP contribution in [-0.2, 0) is 0 Å². The van der Waals surface area contributed by atoms with Gasteiger partial charge in [-0.2, -0.15) is 0 Å². The maximum absolute atomic E-state index is 9.74. The molecule has 0 aliphatic carbocycles. The Balaban J connectivity index is 2.63. The lowest BCUT2D eigenvalue weighted by atomic mass is 10.1. The zero-order valence-corrected chi connectivity index (χ0v) is 9.59. The van der Waals surface area contributed by atoms with E-state index in [-0.39, 0.29) is 0 Å². The van der Waals surface area contributed by atoms with Crippen LogP contribution in [0.3, 0.4) is 0 Å². The lowest BCUT2D eigenvalue weighted by Gasteiger charge is -2.05. The van der Waals surface area contributed by atoms with Crippen LogP contribution < -0.4 is 0 Å². The van der Waals surface area contributed by atoms with Crippen molar-refractivity contribution in [2.45, 2.75) is 32.3 Å². The van der Waals surface area contributed by atoms with E-state index in [0.717, 1.165) is 19.3 Å². The minimum absolute atomic E-state index is 0.565. The summed E-state index contributed by atoms with van der Waals surface area (Å²) in [6.07, 6.45) is 2.26. The number of halogens is 1. The molecule has 0 saturated heterocycles. The largest absolute Gasteiger partial charge is 0.376 e. The van der Waals surface area contributed by atoms with Gasteiger partial charge in [-0.3, -0.25) is 0 Å². The first-order valence-corrected chi connectivity index (χ1v) is 5.54. The third-order valence-electron chi connectivity index (χ3n) is 2.09. The SMILES string of the molecule is CCCCC#CC(O)c1ccccc1Cl. The third-order valence-corrected chi connectivity index (χ3v) is 2.44. The predicted molar refractivity (Wildman–Crippen MR) is 63.7 cm³/mol. The summed E-state index contributed by atoms with van der Waals surface area (Å²) in [5.41, 5.74) is 0.683. The van der Waals surface area contributed by atoms with E-state index in [1.54, 1.807) is 12.1 Å². The van der Waals surface area contributed by atoms with Crippen molar-refractivity contribution in [3.8, 4) is 11.8 Å². The maximum Gasteiger partial charge on any atom is 0.141 e. The van der Waals surface area contributed by atoms with Crippen molar-refractivity contribution in [3.05, 3.63) is 34.9 Å². The quantitative estimate of drug-likeness (QED) is 0.613. The molecule has 1 aromatic carbocycles. The second-order valence-electron chi connectivity index (χ2n) is 3.35. The van der Waals surface area contributed by atoms with Crippen LogP contribution in [0.4, 0.5) is 0 Å². The van der Waals surface area contributed by atoms with E-state index in [1.165, 1.54) is 0 Å². The van der Waals surface area contributed by atoms with Crippen LogP contribution in [0.25, 0.3) is 0 Å². The van der Waals surface area contributed by atoms with Crippen molar-refractivity contribution in [1.82, 2.24) is 0 Å². The molecule has 15 heavy (non-hydrogen) atoms. The molecule has 1 unspecified atom stereocenters. The average Bonchev–Trinajstić information content (AvgIpc) is 2.25. The van der Waals surface area contributed by atoms with Gasteiger partial charge < -0.3 is 5.11 Å². The number of hydrogen-bond donors (Lipinski definition) is 1. The molecule has 1 rings (SSSR count). The number of rotatable bonds is 3. The normalized spacial score (nSPS) is 11.7. The van der Waals surface area contributed by atoms with Crippen LogP contribution in [0.1, 0.15) is 37.9 Å². The van der Waals surface area contributed by atoms with Crippen molar-refractivity contribution >= 4 is 11.6 Å². The molecule has 80 valence electrons. The summed E-state index contributed by atoms with van der Waals surface area (Å²) in [5, 5.41) is 10.3. The molecule has 0 aliphatic rings. The van der Waals surface area contributed by atoms with Crippen molar-refractivity contribution < 1.29 is 5.11 Å². The molecule has 1 atom stereocenters. The van der Waals surface area contributed by atoms with Crippen molar-refractivity contribution in [2.75, 3.05) is 0 Å². The zero-order chi connectivity index (χ0) is 11.1. The van der Waals surface area contributed by atoms with Gasteiger partial charge in [-0.15, -0.1) is 5.92 Å². The summed E-state index contributed by atoms with van der Waals surface area (Å²) in [6, 6.07) is 7.23. The van der Waals surface area contributed by atoms with Gasteiger partial charge in [0, 0.05) is 17.0 Å². The fourth-order valence-electron chi connectivity index (χ4n) is 1.21. The van der Waals surface area contributed by atoms with Crippen LogP contribution in [0.5, 0.6) is 0 Å². The first kappa shape index (κ1) is 12.1. The molecule has 0 aromatic heterocycles. The van der Waals surface area contributed by atoms with Gasteiger partial charge in [0.25, 0.3) is 0 Å². The Morgan fingerprint density at radius 1 is 1.40 bits per heavy atom. The molecule has 1 N–H and O–H groups in total. The second-order valence-corrected chi connectivity index (χ2v) is 3.76. The summed E-state index contributed by atoms with van der Waals surface area (Å²) >= 11 is 5.93. The Bertz CT molecular complexity index is 362.